The van der Waals surface area contributed by atoms with E-state index in [9.17, 15) is 4.79 Å². The van der Waals surface area contributed by atoms with Crippen molar-refractivity contribution in [2.24, 2.45) is 5.92 Å². The molecular weight excluding hydrogens is 267 g/mol. The molecule has 1 aromatic rings. The van der Waals surface area contributed by atoms with Crippen LogP contribution in [0.15, 0.2) is 18.5 Å². The Hall–Kier alpha value is -1.40. The minimum absolute atomic E-state index is 0.0685. The fraction of sp³-hybridized carbons (Fsp3) is 0.600. The van der Waals surface area contributed by atoms with E-state index in [1.165, 1.54) is 0 Å². The lowest BCUT2D eigenvalue weighted by atomic mass is 9.79. The number of amides is 1. The summed E-state index contributed by atoms with van der Waals surface area (Å²) in [5.41, 5.74) is 0.668. The molecule has 1 amide bonds. The molecule has 2 aliphatic rings. The van der Waals surface area contributed by atoms with Crippen LogP contribution in [-0.4, -0.2) is 29.2 Å². The summed E-state index contributed by atoms with van der Waals surface area (Å²) >= 11 is 0. The van der Waals surface area contributed by atoms with Crippen LogP contribution in [0.25, 0.3) is 0 Å². The molecule has 6 heteroatoms. The molecule has 1 saturated heterocycles. The van der Waals surface area contributed by atoms with Gasteiger partial charge in [-0.2, -0.15) is 0 Å². The molecule has 112 valence electrons. The molecule has 1 saturated carbocycles. The summed E-state index contributed by atoms with van der Waals surface area (Å²) in [6.07, 6.45) is 5.31. The SMILES string of the molecule is CC1(C)OB(c2cnccc2NC(=O)C2CC2)OC1(C)C. The molecule has 0 aromatic carbocycles. The summed E-state index contributed by atoms with van der Waals surface area (Å²) < 4.78 is 12.1. The number of carbonyl (C=O) groups excluding carboxylic acids is 1. The maximum atomic E-state index is 12.0. The lowest BCUT2D eigenvalue weighted by Crippen LogP contribution is -2.41. The lowest BCUT2D eigenvalue weighted by molar-refractivity contribution is -0.117. The van der Waals surface area contributed by atoms with Crippen LogP contribution in [0.4, 0.5) is 5.69 Å². The van der Waals surface area contributed by atoms with Crippen LogP contribution in [0, 0.1) is 5.92 Å². The van der Waals surface area contributed by atoms with Gasteiger partial charge in [0.25, 0.3) is 0 Å². The van der Waals surface area contributed by atoms with E-state index >= 15 is 0 Å². The van der Waals surface area contributed by atoms with Crippen molar-refractivity contribution in [1.29, 1.82) is 0 Å². The smallest absolute Gasteiger partial charge is 0.399 e. The van der Waals surface area contributed by atoms with Gasteiger partial charge in [0, 0.05) is 29.5 Å². The Morgan fingerprint density at radius 3 is 2.48 bits per heavy atom. The highest BCUT2D eigenvalue weighted by Gasteiger charge is 2.52. The van der Waals surface area contributed by atoms with E-state index in [1.54, 1.807) is 18.5 Å². The van der Waals surface area contributed by atoms with Crippen LogP contribution < -0.4 is 10.8 Å². The third-order valence-electron chi connectivity index (χ3n) is 4.57. The van der Waals surface area contributed by atoms with Gasteiger partial charge in [0.05, 0.1) is 11.2 Å². The van der Waals surface area contributed by atoms with Crippen LogP contribution in [-0.2, 0) is 14.1 Å². The topological polar surface area (TPSA) is 60.5 Å². The average Bonchev–Trinajstić information content (AvgIpc) is 3.19. The highest BCUT2D eigenvalue weighted by molar-refractivity contribution is 6.64. The molecule has 1 N–H and O–H groups in total. The van der Waals surface area contributed by atoms with Gasteiger partial charge in [0.2, 0.25) is 5.91 Å². The number of aromatic nitrogens is 1. The van der Waals surface area contributed by atoms with Crippen molar-refractivity contribution in [3.63, 3.8) is 0 Å². The Morgan fingerprint density at radius 2 is 1.90 bits per heavy atom. The molecule has 0 spiro atoms. The van der Waals surface area contributed by atoms with E-state index in [4.69, 9.17) is 9.31 Å². The molecule has 0 unspecified atom stereocenters. The van der Waals surface area contributed by atoms with Crippen molar-refractivity contribution in [1.82, 2.24) is 4.98 Å². The first-order chi connectivity index (χ1) is 9.80. The van der Waals surface area contributed by atoms with Crippen molar-refractivity contribution in [2.45, 2.75) is 51.7 Å². The van der Waals surface area contributed by atoms with Gasteiger partial charge in [-0.1, -0.05) is 0 Å². The van der Waals surface area contributed by atoms with E-state index in [0.29, 0.717) is 0 Å². The molecule has 2 heterocycles. The molecule has 2 fully saturated rings. The van der Waals surface area contributed by atoms with Crippen molar-refractivity contribution in [2.75, 3.05) is 5.32 Å². The zero-order chi connectivity index (χ0) is 15.3. The zero-order valence-electron chi connectivity index (χ0n) is 13.0. The predicted octanol–water partition coefficient (Wildman–Crippen LogP) is 1.73. The molecular formula is C15H21BN2O3. The van der Waals surface area contributed by atoms with Gasteiger partial charge in [-0.05, 0) is 46.6 Å². The molecule has 0 bridgehead atoms. The van der Waals surface area contributed by atoms with E-state index in [1.807, 2.05) is 27.7 Å². The second kappa shape index (κ2) is 4.82. The van der Waals surface area contributed by atoms with E-state index in [0.717, 1.165) is 24.0 Å². The summed E-state index contributed by atoms with van der Waals surface area (Å²) in [6, 6.07) is 1.79. The minimum Gasteiger partial charge on any atom is -0.399 e. The Morgan fingerprint density at radius 1 is 1.29 bits per heavy atom. The van der Waals surface area contributed by atoms with Crippen LogP contribution in [0.3, 0.4) is 0 Å². The minimum atomic E-state index is -0.516. The molecule has 1 aliphatic heterocycles. The first-order valence-corrected chi connectivity index (χ1v) is 7.40. The molecule has 0 radical (unpaired) electrons. The van der Waals surface area contributed by atoms with E-state index in [-0.39, 0.29) is 11.8 Å². The summed E-state index contributed by atoms with van der Waals surface area (Å²) in [4.78, 5) is 16.1. The van der Waals surface area contributed by atoms with Gasteiger partial charge in [-0.3, -0.25) is 9.78 Å². The standard InChI is InChI=1S/C15H21BN2O3/c1-14(2)15(3,4)21-16(20-14)11-9-17-8-7-12(11)18-13(19)10-5-6-10/h7-10H,5-6H2,1-4H3,(H,17,18,19). The summed E-state index contributed by atoms with van der Waals surface area (Å²) in [6.45, 7) is 8.02. The monoisotopic (exact) mass is 288 g/mol. The number of rotatable bonds is 3. The zero-order valence-corrected chi connectivity index (χ0v) is 13.0. The van der Waals surface area contributed by atoms with E-state index < -0.39 is 18.3 Å². The highest BCUT2D eigenvalue weighted by atomic mass is 16.7. The second-order valence-corrected chi connectivity index (χ2v) is 6.81. The van der Waals surface area contributed by atoms with Gasteiger partial charge in [0.15, 0.2) is 0 Å². The number of anilines is 1. The fourth-order valence-corrected chi connectivity index (χ4v) is 2.26. The van der Waals surface area contributed by atoms with Crippen molar-refractivity contribution >= 4 is 24.2 Å². The number of nitrogens with zero attached hydrogens (tertiary/aromatic N) is 1. The van der Waals surface area contributed by atoms with Crippen LogP contribution in [0.2, 0.25) is 0 Å². The molecule has 5 nitrogen and oxygen atoms in total. The van der Waals surface area contributed by atoms with Crippen LogP contribution in [0.1, 0.15) is 40.5 Å². The number of carbonyl (C=O) groups is 1. The molecule has 1 aliphatic carbocycles. The van der Waals surface area contributed by atoms with Gasteiger partial charge in [0.1, 0.15) is 0 Å². The van der Waals surface area contributed by atoms with Crippen LogP contribution >= 0.6 is 0 Å². The molecule has 0 atom stereocenters. The third kappa shape index (κ3) is 2.70. The Kier molecular flexibility index (Phi) is 3.33. The molecule has 21 heavy (non-hydrogen) atoms. The van der Waals surface area contributed by atoms with Crippen LogP contribution in [0.5, 0.6) is 0 Å². The number of pyridine rings is 1. The first-order valence-electron chi connectivity index (χ1n) is 7.40. The second-order valence-electron chi connectivity index (χ2n) is 6.81. The van der Waals surface area contributed by atoms with Gasteiger partial charge in [-0.25, -0.2) is 0 Å². The first kappa shape index (κ1) is 14.5. The Balaban J connectivity index is 1.84. The predicted molar refractivity (Wildman–Crippen MR) is 81.3 cm³/mol. The fourth-order valence-electron chi connectivity index (χ4n) is 2.26. The number of hydrogen-bond acceptors (Lipinski definition) is 4. The third-order valence-corrected chi connectivity index (χ3v) is 4.57. The largest absolute Gasteiger partial charge is 0.498 e. The normalized spacial score (nSPS) is 23.1. The number of nitrogens with one attached hydrogen (secondary N) is 1. The summed E-state index contributed by atoms with van der Waals surface area (Å²) in [5, 5.41) is 2.97. The summed E-state index contributed by atoms with van der Waals surface area (Å²) in [7, 11) is -0.516. The van der Waals surface area contributed by atoms with Crippen molar-refractivity contribution in [3.8, 4) is 0 Å². The maximum Gasteiger partial charge on any atom is 0.498 e. The molecule has 1 aromatic heterocycles. The van der Waals surface area contributed by atoms with Crippen molar-refractivity contribution < 1.29 is 14.1 Å². The Bertz CT molecular complexity index is 554. The summed E-state index contributed by atoms with van der Waals surface area (Å²) in [5.74, 6) is 0.225. The van der Waals surface area contributed by atoms with Crippen molar-refractivity contribution in [3.05, 3.63) is 18.5 Å². The Labute approximate surface area is 125 Å². The molecule has 3 rings (SSSR count). The van der Waals surface area contributed by atoms with Gasteiger partial charge >= 0.3 is 7.12 Å². The quantitative estimate of drug-likeness (QED) is 0.860. The average molecular weight is 288 g/mol. The maximum absolute atomic E-state index is 12.0. The van der Waals surface area contributed by atoms with Gasteiger partial charge in [-0.15, -0.1) is 0 Å². The van der Waals surface area contributed by atoms with Gasteiger partial charge < -0.3 is 14.6 Å². The highest BCUT2D eigenvalue weighted by Crippen LogP contribution is 2.37. The lowest BCUT2D eigenvalue weighted by Gasteiger charge is -2.32. The number of hydrogen-bond donors (Lipinski definition) is 1. The van der Waals surface area contributed by atoms with E-state index in [2.05, 4.69) is 10.3 Å².